The van der Waals surface area contributed by atoms with Gasteiger partial charge in [0.2, 0.25) is 0 Å². The van der Waals surface area contributed by atoms with Crippen LogP contribution in [0.15, 0.2) is 36.4 Å². The van der Waals surface area contributed by atoms with E-state index in [0.29, 0.717) is 0 Å². The average molecular weight is 164 g/mol. The molecule has 0 spiro atoms. The van der Waals surface area contributed by atoms with Crippen molar-refractivity contribution >= 4 is 0 Å². The van der Waals surface area contributed by atoms with E-state index in [1.807, 2.05) is 36.4 Å². The standard InChI is InChI=1S/C6H6.CHF3O/c1-2-4-6-5-3-1;2-1(3,4)5/h1-6H;5H. The van der Waals surface area contributed by atoms with Crippen molar-refractivity contribution < 1.29 is 18.3 Å². The third-order valence-electron chi connectivity index (χ3n) is 0.667. The van der Waals surface area contributed by atoms with Gasteiger partial charge in [-0.05, 0) is 0 Å². The first-order chi connectivity index (χ1) is 5.00. The van der Waals surface area contributed by atoms with Crippen molar-refractivity contribution in [3.05, 3.63) is 36.4 Å². The van der Waals surface area contributed by atoms with Gasteiger partial charge in [-0.15, -0.1) is 13.2 Å². The summed E-state index contributed by atoms with van der Waals surface area (Å²) in [5, 5.41) is 6.52. The smallest absolute Gasteiger partial charge is 0.308 e. The van der Waals surface area contributed by atoms with Crippen LogP contribution in [0.5, 0.6) is 0 Å². The lowest BCUT2D eigenvalue weighted by Crippen LogP contribution is -2.01. The molecule has 0 heterocycles. The van der Waals surface area contributed by atoms with Gasteiger partial charge >= 0.3 is 6.36 Å². The number of aliphatic hydroxyl groups is 1. The Kier molecular flexibility index (Phi) is 4.29. The topological polar surface area (TPSA) is 20.2 Å². The van der Waals surface area contributed by atoms with Gasteiger partial charge in [0.1, 0.15) is 0 Å². The minimum atomic E-state index is -5.00. The van der Waals surface area contributed by atoms with Crippen LogP contribution in [0.1, 0.15) is 0 Å². The molecule has 0 atom stereocenters. The van der Waals surface area contributed by atoms with Crippen molar-refractivity contribution in [2.24, 2.45) is 0 Å². The molecule has 0 unspecified atom stereocenters. The van der Waals surface area contributed by atoms with E-state index in [-0.39, 0.29) is 0 Å². The fourth-order valence-corrected chi connectivity index (χ4v) is 0.385. The maximum Gasteiger partial charge on any atom is 0.519 e. The number of alkyl halides is 3. The van der Waals surface area contributed by atoms with Crippen molar-refractivity contribution in [2.45, 2.75) is 6.36 Å². The molecule has 0 radical (unpaired) electrons. The molecular formula is C7H7F3O. The lowest BCUT2D eigenvalue weighted by Gasteiger charge is -1.86. The highest BCUT2D eigenvalue weighted by atomic mass is 19.4. The molecule has 1 N–H and O–H groups in total. The Hall–Kier alpha value is -1.03. The van der Waals surface area contributed by atoms with Crippen LogP contribution in [0.3, 0.4) is 0 Å². The van der Waals surface area contributed by atoms with Gasteiger partial charge in [-0.1, -0.05) is 36.4 Å². The molecule has 1 aromatic carbocycles. The number of halogens is 3. The van der Waals surface area contributed by atoms with Gasteiger partial charge in [0.25, 0.3) is 0 Å². The van der Waals surface area contributed by atoms with Crippen LogP contribution in [-0.2, 0) is 0 Å². The molecule has 0 saturated carbocycles. The van der Waals surface area contributed by atoms with Crippen molar-refractivity contribution in [1.29, 1.82) is 0 Å². The highest BCUT2D eigenvalue weighted by Crippen LogP contribution is 2.06. The van der Waals surface area contributed by atoms with E-state index in [1.54, 1.807) is 0 Å². The molecule has 11 heavy (non-hydrogen) atoms. The Labute approximate surface area is 62.1 Å². The number of benzene rings is 1. The van der Waals surface area contributed by atoms with Gasteiger partial charge in [0, 0.05) is 0 Å². The van der Waals surface area contributed by atoms with E-state index >= 15 is 0 Å². The summed E-state index contributed by atoms with van der Waals surface area (Å²) in [7, 11) is 0. The maximum absolute atomic E-state index is 9.91. The van der Waals surface area contributed by atoms with Crippen LogP contribution in [0, 0.1) is 0 Å². The van der Waals surface area contributed by atoms with Gasteiger partial charge < -0.3 is 5.11 Å². The number of hydrogen-bond donors (Lipinski definition) is 1. The highest BCUT2D eigenvalue weighted by Gasteiger charge is 2.20. The molecule has 0 fully saturated rings. The molecule has 0 aromatic heterocycles. The van der Waals surface area contributed by atoms with Gasteiger partial charge in [-0.3, -0.25) is 0 Å². The second-order valence-electron chi connectivity index (χ2n) is 1.62. The Morgan fingerprint density at radius 1 is 0.727 bits per heavy atom. The first-order valence-corrected chi connectivity index (χ1v) is 2.79. The second kappa shape index (κ2) is 4.73. The summed E-state index contributed by atoms with van der Waals surface area (Å²) in [4.78, 5) is 0. The first-order valence-electron chi connectivity index (χ1n) is 2.79. The number of hydrogen-bond acceptors (Lipinski definition) is 1. The molecule has 4 heteroatoms. The molecular weight excluding hydrogens is 157 g/mol. The third kappa shape index (κ3) is 17.6. The quantitative estimate of drug-likeness (QED) is 0.623. The van der Waals surface area contributed by atoms with Gasteiger partial charge in [-0.25, -0.2) is 0 Å². The SMILES string of the molecule is OC(F)(F)F.c1ccccc1. The van der Waals surface area contributed by atoms with E-state index in [9.17, 15) is 13.2 Å². The Morgan fingerprint density at radius 3 is 0.909 bits per heavy atom. The summed E-state index contributed by atoms with van der Waals surface area (Å²) in [6.07, 6.45) is -5.00. The van der Waals surface area contributed by atoms with Crippen molar-refractivity contribution in [3.8, 4) is 0 Å². The van der Waals surface area contributed by atoms with E-state index in [2.05, 4.69) is 0 Å². The van der Waals surface area contributed by atoms with Crippen LogP contribution in [-0.4, -0.2) is 11.5 Å². The van der Waals surface area contributed by atoms with Gasteiger partial charge in [0.05, 0.1) is 0 Å². The monoisotopic (exact) mass is 164 g/mol. The zero-order valence-corrected chi connectivity index (χ0v) is 5.55. The average Bonchev–Trinajstić information content (AvgIpc) is 1.88. The predicted octanol–water partition coefficient (Wildman–Crippen LogP) is 2.19. The molecule has 0 aliphatic rings. The molecule has 0 aliphatic carbocycles. The molecule has 1 nitrogen and oxygen atoms in total. The Balaban J connectivity index is 0.000000187. The van der Waals surface area contributed by atoms with Crippen LogP contribution in [0.2, 0.25) is 0 Å². The molecule has 0 saturated heterocycles. The number of rotatable bonds is 0. The fourth-order valence-electron chi connectivity index (χ4n) is 0.385. The van der Waals surface area contributed by atoms with E-state index in [4.69, 9.17) is 5.11 Å². The summed E-state index contributed by atoms with van der Waals surface area (Å²) in [6, 6.07) is 12.0. The van der Waals surface area contributed by atoms with Crippen molar-refractivity contribution in [3.63, 3.8) is 0 Å². The van der Waals surface area contributed by atoms with Crippen LogP contribution in [0.4, 0.5) is 13.2 Å². The zero-order valence-electron chi connectivity index (χ0n) is 5.55. The second-order valence-corrected chi connectivity index (χ2v) is 1.62. The maximum atomic E-state index is 9.91. The summed E-state index contributed by atoms with van der Waals surface area (Å²) in [5.41, 5.74) is 0. The van der Waals surface area contributed by atoms with Gasteiger partial charge in [0.15, 0.2) is 0 Å². The fraction of sp³-hybridized carbons (Fsp3) is 0.143. The van der Waals surface area contributed by atoms with Gasteiger partial charge in [-0.2, -0.15) is 0 Å². The Morgan fingerprint density at radius 2 is 0.818 bits per heavy atom. The van der Waals surface area contributed by atoms with Crippen LogP contribution >= 0.6 is 0 Å². The molecule has 1 aromatic rings. The molecule has 62 valence electrons. The minimum absolute atomic E-state index is 2.00. The minimum Gasteiger partial charge on any atom is -0.308 e. The predicted molar refractivity (Wildman–Crippen MR) is 34.7 cm³/mol. The lowest BCUT2D eigenvalue weighted by molar-refractivity contribution is -0.295. The molecule has 0 amide bonds. The molecule has 0 bridgehead atoms. The largest absolute Gasteiger partial charge is 0.519 e. The van der Waals surface area contributed by atoms with Crippen LogP contribution in [0.25, 0.3) is 0 Å². The zero-order chi connectivity index (χ0) is 8.74. The summed E-state index contributed by atoms with van der Waals surface area (Å²) in [6.45, 7) is 0. The molecule has 1 rings (SSSR count). The molecule has 0 aliphatic heterocycles. The Bertz CT molecular complexity index is 138. The third-order valence-corrected chi connectivity index (χ3v) is 0.667. The van der Waals surface area contributed by atoms with E-state index < -0.39 is 6.36 Å². The summed E-state index contributed by atoms with van der Waals surface area (Å²) < 4.78 is 29.7. The van der Waals surface area contributed by atoms with Crippen molar-refractivity contribution in [2.75, 3.05) is 0 Å². The van der Waals surface area contributed by atoms with E-state index in [1.165, 1.54) is 0 Å². The van der Waals surface area contributed by atoms with Crippen LogP contribution < -0.4 is 0 Å². The summed E-state index contributed by atoms with van der Waals surface area (Å²) >= 11 is 0. The van der Waals surface area contributed by atoms with Crippen molar-refractivity contribution in [1.82, 2.24) is 0 Å². The summed E-state index contributed by atoms with van der Waals surface area (Å²) in [5.74, 6) is 0. The lowest BCUT2D eigenvalue weighted by atomic mass is 10.4. The normalized spacial score (nSPS) is 9.82. The highest BCUT2D eigenvalue weighted by molar-refractivity contribution is 4.99. The van der Waals surface area contributed by atoms with E-state index in [0.717, 1.165) is 0 Å². The first kappa shape index (κ1) is 9.97.